The predicted molar refractivity (Wildman–Crippen MR) is 74.7 cm³/mol. The number of hydrogen-bond acceptors (Lipinski definition) is 2. The first-order valence-corrected chi connectivity index (χ1v) is 7.32. The van der Waals surface area contributed by atoms with Crippen LogP contribution < -0.4 is 0 Å². The molecule has 0 radical (unpaired) electrons. The van der Waals surface area contributed by atoms with E-state index in [4.69, 9.17) is 0 Å². The maximum atomic E-state index is 13.2. The van der Waals surface area contributed by atoms with Crippen molar-refractivity contribution in [3.63, 3.8) is 0 Å². The maximum Gasteiger partial charge on any atom is 0.137 e. The summed E-state index contributed by atoms with van der Waals surface area (Å²) in [7, 11) is 0. The van der Waals surface area contributed by atoms with Crippen LogP contribution in [0.1, 0.15) is 44.3 Å². The Morgan fingerprint density at radius 1 is 1.47 bits per heavy atom. The zero-order valence-electron chi connectivity index (χ0n) is 10.9. The van der Waals surface area contributed by atoms with E-state index in [9.17, 15) is 14.8 Å². The van der Waals surface area contributed by atoms with E-state index in [0.717, 1.165) is 12.8 Å². The van der Waals surface area contributed by atoms with Gasteiger partial charge in [0, 0.05) is 0 Å². The van der Waals surface area contributed by atoms with Gasteiger partial charge in [0.1, 0.15) is 5.82 Å². The van der Waals surface area contributed by atoms with Crippen LogP contribution in [0, 0.1) is 28.5 Å². The second-order valence-corrected chi connectivity index (χ2v) is 6.38. The molecule has 2 rings (SSSR count). The fraction of sp³-hybridized carbons (Fsp3) is 0.533. The molecule has 102 valence electrons. The van der Waals surface area contributed by atoms with Crippen LogP contribution in [0.3, 0.4) is 0 Å². The third-order valence-corrected chi connectivity index (χ3v) is 4.78. The Labute approximate surface area is 121 Å². The van der Waals surface area contributed by atoms with E-state index in [1.165, 1.54) is 6.07 Å². The van der Waals surface area contributed by atoms with Crippen LogP contribution in [0.25, 0.3) is 0 Å². The summed E-state index contributed by atoms with van der Waals surface area (Å²) in [6.07, 6.45) is 2.43. The molecule has 1 aliphatic rings. The minimum atomic E-state index is -0.859. The van der Waals surface area contributed by atoms with Gasteiger partial charge in [0.15, 0.2) is 0 Å². The van der Waals surface area contributed by atoms with Crippen LogP contribution in [0.4, 0.5) is 4.39 Å². The highest BCUT2D eigenvalue weighted by Crippen LogP contribution is 2.47. The number of benzene rings is 1. The Kier molecular flexibility index (Phi) is 4.27. The molecule has 19 heavy (non-hydrogen) atoms. The van der Waals surface area contributed by atoms with Crippen LogP contribution in [-0.2, 0) is 0 Å². The summed E-state index contributed by atoms with van der Waals surface area (Å²) in [5.41, 5.74) is -0.131. The SMILES string of the molecule is CC1CCC(C#N)(C(O)c2ccc(F)c(Br)c2)CC1. The topological polar surface area (TPSA) is 44.0 Å². The highest BCUT2D eigenvalue weighted by atomic mass is 79.9. The van der Waals surface area contributed by atoms with Crippen molar-refractivity contribution < 1.29 is 9.50 Å². The summed E-state index contributed by atoms with van der Waals surface area (Å²) in [6, 6.07) is 6.75. The smallest absolute Gasteiger partial charge is 0.137 e. The summed E-state index contributed by atoms with van der Waals surface area (Å²) in [4.78, 5) is 0. The summed E-state index contributed by atoms with van der Waals surface area (Å²) >= 11 is 3.12. The Morgan fingerprint density at radius 3 is 2.63 bits per heavy atom. The Hall–Kier alpha value is -0.920. The second kappa shape index (κ2) is 5.60. The lowest BCUT2D eigenvalue weighted by Crippen LogP contribution is -2.32. The normalized spacial score (nSPS) is 28.7. The van der Waals surface area contributed by atoms with Crippen LogP contribution in [0.15, 0.2) is 22.7 Å². The van der Waals surface area contributed by atoms with Gasteiger partial charge in [0.2, 0.25) is 0 Å². The molecule has 1 saturated carbocycles. The van der Waals surface area contributed by atoms with Crippen molar-refractivity contribution in [3.05, 3.63) is 34.1 Å². The molecule has 1 aromatic rings. The number of nitriles is 1. The minimum Gasteiger partial charge on any atom is -0.387 e. The number of aliphatic hydroxyl groups is 1. The van der Waals surface area contributed by atoms with Crippen molar-refractivity contribution in [1.29, 1.82) is 5.26 Å². The quantitative estimate of drug-likeness (QED) is 0.878. The number of halogens is 2. The van der Waals surface area contributed by atoms with E-state index in [2.05, 4.69) is 28.9 Å². The van der Waals surface area contributed by atoms with Gasteiger partial charge in [0.05, 0.1) is 22.1 Å². The first-order valence-electron chi connectivity index (χ1n) is 6.53. The van der Waals surface area contributed by atoms with Gasteiger partial charge in [-0.15, -0.1) is 0 Å². The Bertz CT molecular complexity index is 503. The molecular formula is C15H17BrFNO. The van der Waals surface area contributed by atoms with Gasteiger partial charge in [-0.2, -0.15) is 5.26 Å². The van der Waals surface area contributed by atoms with Crippen molar-refractivity contribution in [2.75, 3.05) is 0 Å². The largest absolute Gasteiger partial charge is 0.387 e. The average Bonchev–Trinajstić information content (AvgIpc) is 2.42. The Morgan fingerprint density at radius 2 is 2.11 bits per heavy atom. The predicted octanol–water partition coefficient (Wildman–Crippen LogP) is 4.34. The second-order valence-electron chi connectivity index (χ2n) is 5.53. The van der Waals surface area contributed by atoms with Crippen molar-refractivity contribution in [2.45, 2.75) is 38.7 Å². The lowest BCUT2D eigenvalue weighted by molar-refractivity contribution is 0.0265. The van der Waals surface area contributed by atoms with Crippen LogP contribution in [0.2, 0.25) is 0 Å². The highest BCUT2D eigenvalue weighted by molar-refractivity contribution is 9.10. The number of aliphatic hydroxyl groups excluding tert-OH is 1. The molecule has 1 N–H and O–H groups in total. The number of hydrogen-bond donors (Lipinski definition) is 1. The lowest BCUT2D eigenvalue weighted by atomic mass is 9.67. The first-order chi connectivity index (χ1) is 8.98. The first kappa shape index (κ1) is 14.5. The van der Waals surface area contributed by atoms with Crippen molar-refractivity contribution in [1.82, 2.24) is 0 Å². The molecule has 1 aliphatic carbocycles. The van der Waals surface area contributed by atoms with Crippen molar-refractivity contribution >= 4 is 15.9 Å². The van der Waals surface area contributed by atoms with Gasteiger partial charge in [-0.3, -0.25) is 0 Å². The summed E-state index contributed by atoms with van der Waals surface area (Å²) in [6.45, 7) is 2.17. The van der Waals surface area contributed by atoms with Gasteiger partial charge in [0.25, 0.3) is 0 Å². The zero-order valence-corrected chi connectivity index (χ0v) is 12.5. The van der Waals surface area contributed by atoms with E-state index in [-0.39, 0.29) is 5.82 Å². The molecule has 1 fully saturated rings. The summed E-state index contributed by atoms with van der Waals surface area (Å²) in [5, 5.41) is 20.0. The van der Waals surface area contributed by atoms with Gasteiger partial charge >= 0.3 is 0 Å². The molecule has 0 aliphatic heterocycles. The molecule has 0 spiro atoms. The summed E-state index contributed by atoms with van der Waals surface area (Å²) < 4.78 is 13.6. The van der Waals surface area contributed by atoms with Gasteiger partial charge < -0.3 is 5.11 Å². The van der Waals surface area contributed by atoms with Gasteiger partial charge in [-0.25, -0.2) is 4.39 Å². The van der Waals surface area contributed by atoms with E-state index < -0.39 is 11.5 Å². The van der Waals surface area contributed by atoms with E-state index >= 15 is 0 Å². The molecule has 4 heteroatoms. The zero-order chi connectivity index (χ0) is 14.0. The monoisotopic (exact) mass is 325 g/mol. The molecule has 0 amide bonds. The lowest BCUT2D eigenvalue weighted by Gasteiger charge is -2.37. The molecule has 2 nitrogen and oxygen atoms in total. The van der Waals surface area contributed by atoms with Crippen LogP contribution in [0.5, 0.6) is 0 Å². The fourth-order valence-electron chi connectivity index (χ4n) is 2.73. The van der Waals surface area contributed by atoms with Crippen molar-refractivity contribution in [2.24, 2.45) is 11.3 Å². The van der Waals surface area contributed by atoms with Crippen molar-refractivity contribution in [3.8, 4) is 6.07 Å². The third-order valence-electron chi connectivity index (χ3n) is 4.17. The number of rotatable bonds is 2. The molecule has 0 heterocycles. The van der Waals surface area contributed by atoms with E-state index in [0.29, 0.717) is 28.8 Å². The van der Waals surface area contributed by atoms with Crippen LogP contribution >= 0.6 is 15.9 Å². The standard InChI is InChI=1S/C15H17BrFNO/c1-10-4-6-15(9-18,7-5-10)14(19)11-2-3-13(17)12(16)8-11/h2-3,8,10,14,19H,4-7H2,1H3. The third kappa shape index (κ3) is 2.82. The fourth-order valence-corrected chi connectivity index (χ4v) is 3.12. The molecule has 1 aromatic carbocycles. The van der Waals surface area contributed by atoms with E-state index in [1.54, 1.807) is 12.1 Å². The molecule has 0 bridgehead atoms. The highest BCUT2D eigenvalue weighted by Gasteiger charge is 2.41. The maximum absolute atomic E-state index is 13.2. The minimum absolute atomic E-state index is 0.321. The van der Waals surface area contributed by atoms with E-state index in [1.807, 2.05) is 0 Å². The molecule has 0 saturated heterocycles. The van der Waals surface area contributed by atoms with Crippen LogP contribution in [-0.4, -0.2) is 5.11 Å². The Balaban J connectivity index is 2.28. The number of nitrogens with zero attached hydrogens (tertiary/aromatic N) is 1. The van der Waals surface area contributed by atoms with Gasteiger partial charge in [-0.05, 0) is 65.2 Å². The molecule has 0 aromatic heterocycles. The summed E-state index contributed by atoms with van der Waals surface area (Å²) in [5.74, 6) is 0.243. The molecule has 1 atom stereocenters. The van der Waals surface area contributed by atoms with Gasteiger partial charge in [-0.1, -0.05) is 13.0 Å². The molecular weight excluding hydrogens is 309 g/mol. The average molecular weight is 326 g/mol. The molecule has 1 unspecified atom stereocenters.